The number of carbonyl (C=O) groups is 1. The maximum absolute atomic E-state index is 11.1. The number of hydrogen-bond donors (Lipinski definition) is 0. The van der Waals surface area contributed by atoms with E-state index in [0.29, 0.717) is 0 Å². The van der Waals surface area contributed by atoms with Gasteiger partial charge in [-0.25, -0.2) is 0 Å². The first-order valence-electron chi connectivity index (χ1n) is 5.85. The SMILES string of the molecule is O=CC(N1CCCCC1)N1CCCC1. The van der Waals surface area contributed by atoms with Crippen LogP contribution in [0.3, 0.4) is 0 Å². The van der Waals surface area contributed by atoms with Gasteiger partial charge in [0.2, 0.25) is 0 Å². The second-order valence-electron chi connectivity index (χ2n) is 4.39. The Balaban J connectivity index is 1.92. The largest absolute Gasteiger partial charge is 0.300 e. The van der Waals surface area contributed by atoms with Crippen molar-refractivity contribution in [3.05, 3.63) is 0 Å². The molecule has 0 radical (unpaired) electrons. The van der Waals surface area contributed by atoms with Gasteiger partial charge in [-0.15, -0.1) is 0 Å². The molecule has 2 rings (SSSR count). The van der Waals surface area contributed by atoms with Gasteiger partial charge >= 0.3 is 0 Å². The summed E-state index contributed by atoms with van der Waals surface area (Å²) in [5.41, 5.74) is 0. The molecular formula is C11H20N2O. The van der Waals surface area contributed by atoms with Crippen molar-refractivity contribution in [2.24, 2.45) is 0 Å². The smallest absolute Gasteiger partial charge is 0.151 e. The molecule has 1 unspecified atom stereocenters. The fourth-order valence-corrected chi connectivity index (χ4v) is 2.59. The number of aldehydes is 1. The summed E-state index contributed by atoms with van der Waals surface area (Å²) in [6, 6.07) is 0. The summed E-state index contributed by atoms with van der Waals surface area (Å²) in [4.78, 5) is 15.8. The van der Waals surface area contributed by atoms with Crippen LogP contribution in [0.25, 0.3) is 0 Å². The maximum atomic E-state index is 11.1. The van der Waals surface area contributed by atoms with E-state index in [1.54, 1.807) is 0 Å². The van der Waals surface area contributed by atoms with Crippen molar-refractivity contribution >= 4 is 6.29 Å². The van der Waals surface area contributed by atoms with Crippen LogP contribution in [0, 0.1) is 0 Å². The van der Waals surface area contributed by atoms with Gasteiger partial charge in [0, 0.05) is 26.2 Å². The van der Waals surface area contributed by atoms with Gasteiger partial charge in [0.05, 0.1) is 0 Å². The minimum atomic E-state index is 0.0813. The zero-order chi connectivity index (χ0) is 9.80. The lowest BCUT2D eigenvalue weighted by atomic mass is 10.1. The van der Waals surface area contributed by atoms with E-state index in [9.17, 15) is 4.79 Å². The molecule has 2 heterocycles. The number of piperidine rings is 1. The summed E-state index contributed by atoms with van der Waals surface area (Å²) in [6.45, 7) is 4.44. The van der Waals surface area contributed by atoms with Crippen LogP contribution in [0.1, 0.15) is 32.1 Å². The fraction of sp³-hybridized carbons (Fsp3) is 0.909. The zero-order valence-corrected chi connectivity index (χ0v) is 8.82. The van der Waals surface area contributed by atoms with Crippen LogP contribution in [-0.4, -0.2) is 48.4 Å². The minimum absolute atomic E-state index is 0.0813. The molecule has 0 aromatic carbocycles. The summed E-state index contributed by atoms with van der Waals surface area (Å²) in [6.07, 6.45) is 7.60. The third kappa shape index (κ3) is 2.15. The molecule has 0 aliphatic carbocycles. The van der Waals surface area contributed by atoms with Crippen LogP contribution in [-0.2, 0) is 4.79 Å². The molecule has 80 valence electrons. The fourth-order valence-electron chi connectivity index (χ4n) is 2.59. The normalized spacial score (nSPS) is 27.7. The summed E-state index contributed by atoms with van der Waals surface area (Å²) in [7, 11) is 0. The van der Waals surface area contributed by atoms with Gasteiger partial charge in [0.25, 0.3) is 0 Å². The molecule has 2 aliphatic rings. The predicted octanol–water partition coefficient (Wildman–Crippen LogP) is 1.09. The van der Waals surface area contributed by atoms with Crippen molar-refractivity contribution in [2.45, 2.75) is 38.3 Å². The molecule has 0 N–H and O–H groups in total. The van der Waals surface area contributed by atoms with E-state index in [4.69, 9.17) is 0 Å². The second kappa shape index (κ2) is 4.89. The number of nitrogens with zero attached hydrogens (tertiary/aromatic N) is 2. The van der Waals surface area contributed by atoms with Crippen molar-refractivity contribution < 1.29 is 4.79 Å². The van der Waals surface area contributed by atoms with E-state index >= 15 is 0 Å². The molecule has 2 aliphatic heterocycles. The lowest BCUT2D eigenvalue weighted by molar-refractivity contribution is -0.118. The Morgan fingerprint density at radius 2 is 1.21 bits per heavy atom. The molecule has 0 saturated carbocycles. The lowest BCUT2D eigenvalue weighted by Gasteiger charge is -2.36. The van der Waals surface area contributed by atoms with Crippen molar-refractivity contribution in [3.8, 4) is 0 Å². The molecular weight excluding hydrogens is 176 g/mol. The summed E-state index contributed by atoms with van der Waals surface area (Å²) >= 11 is 0. The predicted molar refractivity (Wildman–Crippen MR) is 56.1 cm³/mol. The van der Waals surface area contributed by atoms with Gasteiger partial charge in [-0.3, -0.25) is 9.80 Å². The van der Waals surface area contributed by atoms with Gasteiger partial charge in [0.1, 0.15) is 6.17 Å². The molecule has 2 fully saturated rings. The molecule has 3 heteroatoms. The van der Waals surface area contributed by atoms with E-state index in [2.05, 4.69) is 9.80 Å². The monoisotopic (exact) mass is 196 g/mol. The van der Waals surface area contributed by atoms with E-state index < -0.39 is 0 Å². The van der Waals surface area contributed by atoms with Crippen LogP contribution in [0.4, 0.5) is 0 Å². The standard InChI is InChI=1S/C11H20N2O/c14-10-11(13-8-4-5-9-13)12-6-2-1-3-7-12/h10-11H,1-9H2. The van der Waals surface area contributed by atoms with Gasteiger partial charge < -0.3 is 4.79 Å². The Morgan fingerprint density at radius 1 is 0.786 bits per heavy atom. The second-order valence-corrected chi connectivity index (χ2v) is 4.39. The quantitative estimate of drug-likeness (QED) is 0.631. The Bertz CT molecular complexity index is 184. The first-order valence-corrected chi connectivity index (χ1v) is 5.85. The minimum Gasteiger partial charge on any atom is -0.300 e. The lowest BCUT2D eigenvalue weighted by Crippen LogP contribution is -2.50. The number of hydrogen-bond acceptors (Lipinski definition) is 3. The van der Waals surface area contributed by atoms with E-state index in [-0.39, 0.29) is 6.17 Å². The third-order valence-electron chi connectivity index (χ3n) is 3.40. The molecule has 0 bridgehead atoms. The zero-order valence-electron chi connectivity index (χ0n) is 8.82. The highest BCUT2D eigenvalue weighted by Gasteiger charge is 2.27. The first-order chi connectivity index (χ1) is 6.92. The molecule has 0 spiro atoms. The Labute approximate surface area is 86.1 Å². The number of carbonyl (C=O) groups excluding carboxylic acids is 1. The highest BCUT2D eigenvalue weighted by atomic mass is 16.1. The van der Waals surface area contributed by atoms with Crippen LogP contribution >= 0.6 is 0 Å². The first kappa shape index (κ1) is 10.1. The molecule has 0 amide bonds. The van der Waals surface area contributed by atoms with E-state index in [1.165, 1.54) is 32.1 Å². The molecule has 14 heavy (non-hydrogen) atoms. The average Bonchev–Trinajstić information content (AvgIpc) is 2.74. The Hall–Kier alpha value is -0.410. The topological polar surface area (TPSA) is 23.6 Å². The highest BCUT2D eigenvalue weighted by Crippen LogP contribution is 2.17. The van der Waals surface area contributed by atoms with Crippen LogP contribution in [0.2, 0.25) is 0 Å². The average molecular weight is 196 g/mol. The van der Waals surface area contributed by atoms with E-state index in [0.717, 1.165) is 32.5 Å². The highest BCUT2D eigenvalue weighted by molar-refractivity contribution is 5.57. The maximum Gasteiger partial charge on any atom is 0.151 e. The van der Waals surface area contributed by atoms with Crippen LogP contribution in [0.5, 0.6) is 0 Å². The Kier molecular flexibility index (Phi) is 3.54. The number of rotatable bonds is 3. The van der Waals surface area contributed by atoms with Crippen molar-refractivity contribution in [2.75, 3.05) is 26.2 Å². The van der Waals surface area contributed by atoms with Gasteiger partial charge in [0.15, 0.2) is 6.29 Å². The van der Waals surface area contributed by atoms with Crippen LogP contribution < -0.4 is 0 Å². The Morgan fingerprint density at radius 3 is 1.64 bits per heavy atom. The number of likely N-dealkylation sites (tertiary alicyclic amines) is 2. The van der Waals surface area contributed by atoms with Gasteiger partial charge in [-0.05, 0) is 25.7 Å². The van der Waals surface area contributed by atoms with Crippen LogP contribution in [0.15, 0.2) is 0 Å². The van der Waals surface area contributed by atoms with Gasteiger partial charge in [-0.1, -0.05) is 6.42 Å². The van der Waals surface area contributed by atoms with Crippen molar-refractivity contribution in [3.63, 3.8) is 0 Å². The molecule has 1 atom stereocenters. The molecule has 0 aromatic heterocycles. The van der Waals surface area contributed by atoms with Crippen molar-refractivity contribution in [1.29, 1.82) is 0 Å². The molecule has 0 aromatic rings. The summed E-state index contributed by atoms with van der Waals surface area (Å²) < 4.78 is 0. The summed E-state index contributed by atoms with van der Waals surface area (Å²) in [5.74, 6) is 0. The van der Waals surface area contributed by atoms with Crippen molar-refractivity contribution in [1.82, 2.24) is 9.80 Å². The van der Waals surface area contributed by atoms with Gasteiger partial charge in [-0.2, -0.15) is 0 Å². The summed E-state index contributed by atoms with van der Waals surface area (Å²) in [5, 5.41) is 0. The third-order valence-corrected chi connectivity index (χ3v) is 3.40. The van der Waals surface area contributed by atoms with E-state index in [1.807, 2.05) is 0 Å². The molecule has 3 nitrogen and oxygen atoms in total. The molecule has 2 saturated heterocycles.